The smallest absolute Gasteiger partial charge is 0.257 e. The average molecular weight is 563 g/mol. The number of fused-ring (bicyclic) bond motifs is 2. The number of carbonyl (C=O) groups is 2. The van der Waals surface area contributed by atoms with Crippen LogP contribution in [0.25, 0.3) is 22.2 Å². The number of nitrogens with zero attached hydrogens (tertiary/aromatic N) is 1. The highest BCUT2D eigenvalue weighted by Crippen LogP contribution is 2.44. The summed E-state index contributed by atoms with van der Waals surface area (Å²) in [5.41, 5.74) is 10.3. The second-order valence-corrected chi connectivity index (χ2v) is 12.4. The van der Waals surface area contributed by atoms with Crippen molar-refractivity contribution in [2.45, 2.75) is 40.0 Å². The van der Waals surface area contributed by atoms with Crippen molar-refractivity contribution in [1.29, 1.82) is 0 Å². The van der Waals surface area contributed by atoms with Crippen LogP contribution in [0.2, 0.25) is 0 Å². The van der Waals surface area contributed by atoms with Gasteiger partial charge < -0.3 is 11.1 Å². The molecular formula is C29H28BrN3O2S. The van der Waals surface area contributed by atoms with Gasteiger partial charge in [-0.05, 0) is 60.4 Å². The Labute approximate surface area is 223 Å². The van der Waals surface area contributed by atoms with E-state index in [1.54, 1.807) is 0 Å². The molecule has 5 nitrogen and oxygen atoms in total. The topological polar surface area (TPSA) is 85.1 Å². The Kier molecular flexibility index (Phi) is 6.47. The number of primary amides is 1. The van der Waals surface area contributed by atoms with Gasteiger partial charge in [0.1, 0.15) is 5.00 Å². The second kappa shape index (κ2) is 9.45. The van der Waals surface area contributed by atoms with Crippen molar-refractivity contribution in [2.75, 3.05) is 5.32 Å². The van der Waals surface area contributed by atoms with Crippen molar-refractivity contribution in [3.63, 3.8) is 0 Å². The lowest BCUT2D eigenvalue weighted by Gasteiger charge is -2.33. The van der Waals surface area contributed by atoms with Gasteiger partial charge in [0.25, 0.3) is 11.8 Å². The van der Waals surface area contributed by atoms with Crippen LogP contribution >= 0.6 is 27.3 Å². The Balaban J connectivity index is 1.57. The number of benzene rings is 2. The van der Waals surface area contributed by atoms with E-state index in [1.807, 2.05) is 54.6 Å². The first-order valence-electron chi connectivity index (χ1n) is 12.0. The zero-order valence-corrected chi connectivity index (χ0v) is 22.9. The maximum atomic E-state index is 13.7. The number of thiophene rings is 1. The predicted octanol–water partition coefficient (Wildman–Crippen LogP) is 7.23. The highest BCUT2D eigenvalue weighted by molar-refractivity contribution is 9.10. The molecule has 0 bridgehead atoms. The summed E-state index contributed by atoms with van der Waals surface area (Å²) in [5.74, 6) is -0.265. The highest BCUT2D eigenvalue weighted by Gasteiger charge is 2.33. The average Bonchev–Trinajstić information content (AvgIpc) is 3.20. The Hall–Kier alpha value is -3.03. The van der Waals surface area contributed by atoms with Gasteiger partial charge in [0.2, 0.25) is 0 Å². The molecule has 1 aliphatic rings. The normalized spacial score (nSPS) is 15.5. The molecule has 2 aromatic carbocycles. The van der Waals surface area contributed by atoms with Gasteiger partial charge in [0.05, 0.1) is 22.3 Å². The lowest BCUT2D eigenvalue weighted by atomic mass is 9.72. The van der Waals surface area contributed by atoms with Crippen LogP contribution in [0.4, 0.5) is 5.00 Å². The number of aromatic nitrogens is 1. The predicted molar refractivity (Wildman–Crippen MR) is 151 cm³/mol. The van der Waals surface area contributed by atoms with Gasteiger partial charge in [0, 0.05) is 20.3 Å². The molecule has 36 heavy (non-hydrogen) atoms. The van der Waals surface area contributed by atoms with E-state index in [-0.39, 0.29) is 11.3 Å². The van der Waals surface area contributed by atoms with E-state index in [0.717, 1.165) is 50.6 Å². The van der Waals surface area contributed by atoms with Crippen molar-refractivity contribution in [2.24, 2.45) is 17.1 Å². The van der Waals surface area contributed by atoms with Crippen LogP contribution < -0.4 is 11.1 Å². The lowest BCUT2D eigenvalue weighted by molar-refractivity contribution is 0.1000. The van der Waals surface area contributed by atoms with Gasteiger partial charge in [-0.15, -0.1) is 11.3 Å². The molecule has 5 rings (SSSR count). The third-order valence-electron chi connectivity index (χ3n) is 7.05. The molecule has 4 aromatic rings. The number of carbonyl (C=O) groups excluding carboxylic acids is 2. The molecule has 0 saturated carbocycles. The fourth-order valence-electron chi connectivity index (χ4n) is 4.99. The minimum absolute atomic E-state index is 0.176. The number of rotatable bonds is 4. The highest BCUT2D eigenvalue weighted by atomic mass is 79.9. The lowest BCUT2D eigenvalue weighted by Crippen LogP contribution is -2.27. The Morgan fingerprint density at radius 1 is 1.11 bits per heavy atom. The summed E-state index contributed by atoms with van der Waals surface area (Å²) in [4.78, 5) is 32.2. The standard InChI is InChI=1S/C29H28BrN3O2S/c1-29(2,3)17-9-11-19-24(13-17)36-28(25(19)26(31)34)33-27(35)21-15-23(16-7-5-4-6-8-16)32-22-12-10-18(30)14-20(21)22/h4-8,10,12,14-15,17H,9,11,13H2,1-3H3,(H2,31,34)(H,33,35)/t17-/m1/s1. The molecule has 184 valence electrons. The largest absolute Gasteiger partial charge is 0.365 e. The van der Waals surface area contributed by atoms with Crippen LogP contribution in [0.15, 0.2) is 59.1 Å². The first-order chi connectivity index (χ1) is 17.1. The van der Waals surface area contributed by atoms with Crippen molar-refractivity contribution in [3.05, 3.63) is 80.6 Å². The van der Waals surface area contributed by atoms with Gasteiger partial charge in [-0.2, -0.15) is 0 Å². The van der Waals surface area contributed by atoms with E-state index < -0.39 is 5.91 Å². The minimum atomic E-state index is -0.496. The van der Waals surface area contributed by atoms with Crippen molar-refractivity contribution in [3.8, 4) is 11.3 Å². The minimum Gasteiger partial charge on any atom is -0.365 e. The molecule has 0 aliphatic heterocycles. The summed E-state index contributed by atoms with van der Waals surface area (Å²) in [6, 6.07) is 17.3. The Morgan fingerprint density at radius 3 is 2.56 bits per heavy atom. The third-order valence-corrected chi connectivity index (χ3v) is 8.71. The molecule has 1 atom stereocenters. The number of nitrogens with two attached hydrogens (primary N) is 1. The zero-order valence-electron chi connectivity index (χ0n) is 20.5. The maximum Gasteiger partial charge on any atom is 0.257 e. The van der Waals surface area contributed by atoms with E-state index in [9.17, 15) is 9.59 Å². The first-order valence-corrected chi connectivity index (χ1v) is 13.6. The van der Waals surface area contributed by atoms with Gasteiger partial charge in [0.15, 0.2) is 0 Å². The summed E-state index contributed by atoms with van der Waals surface area (Å²) in [6.07, 6.45) is 2.69. The Morgan fingerprint density at radius 2 is 1.86 bits per heavy atom. The van der Waals surface area contributed by atoms with Crippen LogP contribution in [-0.2, 0) is 12.8 Å². The molecule has 0 spiro atoms. The summed E-state index contributed by atoms with van der Waals surface area (Å²) in [6.45, 7) is 6.76. The number of pyridine rings is 1. The van der Waals surface area contributed by atoms with Crippen molar-refractivity contribution < 1.29 is 9.59 Å². The van der Waals surface area contributed by atoms with E-state index in [1.165, 1.54) is 11.3 Å². The number of hydrogen-bond donors (Lipinski definition) is 2. The van der Waals surface area contributed by atoms with E-state index in [0.29, 0.717) is 27.7 Å². The van der Waals surface area contributed by atoms with Gasteiger partial charge in [-0.25, -0.2) is 4.98 Å². The van der Waals surface area contributed by atoms with Crippen LogP contribution in [0.5, 0.6) is 0 Å². The molecule has 0 unspecified atom stereocenters. The Bertz CT molecular complexity index is 1490. The summed E-state index contributed by atoms with van der Waals surface area (Å²) >= 11 is 5.00. The SMILES string of the molecule is CC(C)(C)[C@@H]1CCc2c(sc(NC(=O)c3cc(-c4ccccc4)nc4ccc(Br)cc34)c2C(N)=O)C1. The number of nitrogens with one attached hydrogen (secondary N) is 1. The molecule has 2 aromatic heterocycles. The van der Waals surface area contributed by atoms with Crippen LogP contribution in [0.3, 0.4) is 0 Å². The molecule has 1 aliphatic carbocycles. The molecule has 7 heteroatoms. The molecular weight excluding hydrogens is 534 g/mol. The summed E-state index contributed by atoms with van der Waals surface area (Å²) in [7, 11) is 0. The fourth-order valence-corrected chi connectivity index (χ4v) is 6.68. The van der Waals surface area contributed by atoms with E-state index in [4.69, 9.17) is 10.7 Å². The van der Waals surface area contributed by atoms with E-state index in [2.05, 4.69) is 42.0 Å². The number of anilines is 1. The number of hydrogen-bond acceptors (Lipinski definition) is 4. The fraction of sp³-hybridized carbons (Fsp3) is 0.276. The van der Waals surface area contributed by atoms with Crippen LogP contribution in [0, 0.1) is 11.3 Å². The zero-order chi connectivity index (χ0) is 25.6. The molecule has 2 heterocycles. The molecule has 0 saturated heterocycles. The van der Waals surface area contributed by atoms with Crippen LogP contribution in [0.1, 0.15) is 58.3 Å². The quantitative estimate of drug-likeness (QED) is 0.275. The van der Waals surface area contributed by atoms with Crippen LogP contribution in [-0.4, -0.2) is 16.8 Å². The molecule has 2 amide bonds. The first kappa shape index (κ1) is 24.7. The third kappa shape index (κ3) is 4.70. The maximum absolute atomic E-state index is 13.7. The van der Waals surface area contributed by atoms with Crippen molar-refractivity contribution in [1.82, 2.24) is 4.98 Å². The van der Waals surface area contributed by atoms with Gasteiger partial charge >= 0.3 is 0 Å². The van der Waals surface area contributed by atoms with Gasteiger partial charge in [-0.1, -0.05) is 67.0 Å². The molecule has 0 fully saturated rings. The molecule has 3 N–H and O–H groups in total. The van der Waals surface area contributed by atoms with E-state index >= 15 is 0 Å². The molecule has 0 radical (unpaired) electrons. The summed E-state index contributed by atoms with van der Waals surface area (Å²) < 4.78 is 0.857. The second-order valence-electron chi connectivity index (χ2n) is 10.4. The van der Waals surface area contributed by atoms with Gasteiger partial charge in [-0.3, -0.25) is 9.59 Å². The summed E-state index contributed by atoms with van der Waals surface area (Å²) in [5, 5.41) is 4.31. The monoisotopic (exact) mass is 561 g/mol. The number of halogens is 1. The van der Waals surface area contributed by atoms with Crippen molar-refractivity contribution >= 4 is 55.0 Å². The number of amides is 2.